The van der Waals surface area contributed by atoms with Crippen molar-refractivity contribution in [3.05, 3.63) is 51.6 Å². The lowest BCUT2D eigenvalue weighted by Gasteiger charge is -2.08. The number of aromatic nitrogens is 2. The Bertz CT molecular complexity index is 667. The second-order valence-corrected chi connectivity index (χ2v) is 5.14. The fraction of sp³-hybridized carbons (Fsp3) is 0.357. The minimum atomic E-state index is -0.838. The van der Waals surface area contributed by atoms with Gasteiger partial charge in [-0.3, -0.25) is 14.8 Å². The molecule has 0 fully saturated rings. The van der Waals surface area contributed by atoms with Gasteiger partial charge in [-0.25, -0.2) is 0 Å². The van der Waals surface area contributed by atoms with Crippen molar-refractivity contribution in [1.29, 1.82) is 0 Å². The van der Waals surface area contributed by atoms with E-state index in [1.54, 1.807) is 4.68 Å². The molecule has 0 saturated heterocycles. The highest BCUT2D eigenvalue weighted by Crippen LogP contribution is 2.23. The van der Waals surface area contributed by atoms with E-state index in [9.17, 15) is 14.5 Å². The van der Waals surface area contributed by atoms with Gasteiger partial charge in [-0.1, -0.05) is 13.8 Å². The van der Waals surface area contributed by atoms with E-state index in [2.05, 4.69) is 24.3 Å². The molecule has 0 aliphatic carbocycles. The van der Waals surface area contributed by atoms with E-state index in [-0.39, 0.29) is 5.92 Å². The molecule has 1 N–H and O–H groups in total. The Balaban J connectivity index is 2.17. The number of anilines is 1. The normalized spacial score (nSPS) is 10.9. The second-order valence-electron chi connectivity index (χ2n) is 5.14. The maximum atomic E-state index is 13.3. The molecular weight excluding hydrogens is 275 g/mol. The SMILES string of the molecule is CC(C)c1nn(C)cc1CNc1ccc(F)c([N+](=O)[O-])c1. The molecule has 2 aromatic rings. The molecule has 0 aliphatic heterocycles. The molecule has 1 aromatic carbocycles. The van der Waals surface area contributed by atoms with Gasteiger partial charge in [0.15, 0.2) is 0 Å². The molecular formula is C14H17FN4O2. The van der Waals surface area contributed by atoms with Crippen LogP contribution < -0.4 is 5.32 Å². The number of nitro groups is 1. The molecule has 0 bridgehead atoms. The highest BCUT2D eigenvalue weighted by atomic mass is 19.1. The number of halogens is 1. The molecule has 0 saturated carbocycles. The number of aryl methyl sites for hydroxylation is 1. The summed E-state index contributed by atoms with van der Waals surface area (Å²) in [6.07, 6.45) is 1.90. The van der Waals surface area contributed by atoms with Crippen LogP contribution in [0.15, 0.2) is 24.4 Å². The predicted octanol–water partition coefficient (Wildman–Crippen LogP) is 3.20. The molecule has 0 aliphatic rings. The molecule has 0 spiro atoms. The van der Waals surface area contributed by atoms with Crippen LogP contribution in [0.5, 0.6) is 0 Å². The average Bonchev–Trinajstić information content (AvgIpc) is 2.79. The van der Waals surface area contributed by atoms with Crippen molar-refractivity contribution in [1.82, 2.24) is 9.78 Å². The number of nitrogens with zero attached hydrogens (tertiary/aromatic N) is 3. The van der Waals surface area contributed by atoms with Crippen molar-refractivity contribution < 1.29 is 9.31 Å². The third-order valence-corrected chi connectivity index (χ3v) is 3.11. The van der Waals surface area contributed by atoms with Crippen molar-refractivity contribution in [2.24, 2.45) is 7.05 Å². The highest BCUT2D eigenvalue weighted by molar-refractivity contribution is 5.52. The summed E-state index contributed by atoms with van der Waals surface area (Å²) in [6.45, 7) is 4.58. The monoisotopic (exact) mass is 292 g/mol. The van der Waals surface area contributed by atoms with Crippen LogP contribution in [0.25, 0.3) is 0 Å². The Hall–Kier alpha value is -2.44. The van der Waals surface area contributed by atoms with Gasteiger partial charge >= 0.3 is 5.69 Å². The van der Waals surface area contributed by atoms with Crippen molar-refractivity contribution in [3.8, 4) is 0 Å². The minimum absolute atomic E-state index is 0.283. The third kappa shape index (κ3) is 3.36. The van der Waals surface area contributed by atoms with Crippen molar-refractivity contribution >= 4 is 11.4 Å². The number of rotatable bonds is 5. The summed E-state index contributed by atoms with van der Waals surface area (Å²) in [5.74, 6) is -0.555. The third-order valence-electron chi connectivity index (χ3n) is 3.11. The number of hydrogen-bond acceptors (Lipinski definition) is 4. The van der Waals surface area contributed by atoms with Crippen LogP contribution in [0, 0.1) is 15.9 Å². The van der Waals surface area contributed by atoms with E-state index in [4.69, 9.17) is 0 Å². The standard InChI is InChI=1S/C14H17FN4O2/c1-9(2)14-10(8-18(3)17-14)7-16-11-4-5-12(15)13(6-11)19(20)21/h4-6,8-9,16H,7H2,1-3H3. The minimum Gasteiger partial charge on any atom is -0.381 e. The van der Waals surface area contributed by atoms with E-state index in [0.29, 0.717) is 12.2 Å². The second kappa shape index (κ2) is 5.90. The lowest BCUT2D eigenvalue weighted by molar-refractivity contribution is -0.387. The van der Waals surface area contributed by atoms with Crippen molar-refractivity contribution in [3.63, 3.8) is 0 Å². The molecule has 2 rings (SSSR count). The van der Waals surface area contributed by atoms with Crippen LogP contribution in [0.1, 0.15) is 31.0 Å². The Morgan fingerprint density at radius 2 is 2.19 bits per heavy atom. The molecule has 7 heteroatoms. The summed E-state index contributed by atoms with van der Waals surface area (Å²) < 4.78 is 15.0. The maximum absolute atomic E-state index is 13.3. The van der Waals surface area contributed by atoms with Crippen LogP contribution in [-0.2, 0) is 13.6 Å². The molecule has 0 unspecified atom stereocenters. The summed E-state index contributed by atoms with van der Waals surface area (Å²) in [5.41, 5.74) is 1.96. The fourth-order valence-electron chi connectivity index (χ4n) is 2.14. The zero-order valence-electron chi connectivity index (χ0n) is 12.1. The van der Waals surface area contributed by atoms with Gasteiger partial charge in [-0.05, 0) is 18.1 Å². The smallest absolute Gasteiger partial charge is 0.306 e. The van der Waals surface area contributed by atoms with Crippen LogP contribution in [0.3, 0.4) is 0 Å². The van der Waals surface area contributed by atoms with Gasteiger partial charge in [0.25, 0.3) is 0 Å². The molecule has 0 amide bonds. The zero-order chi connectivity index (χ0) is 15.6. The Labute approximate surface area is 121 Å². The van der Waals surface area contributed by atoms with E-state index >= 15 is 0 Å². The fourth-order valence-corrected chi connectivity index (χ4v) is 2.14. The first-order valence-electron chi connectivity index (χ1n) is 6.58. The summed E-state index contributed by atoms with van der Waals surface area (Å²) in [4.78, 5) is 9.99. The van der Waals surface area contributed by atoms with E-state index in [1.807, 2.05) is 13.2 Å². The largest absolute Gasteiger partial charge is 0.381 e. The summed E-state index contributed by atoms with van der Waals surface area (Å²) in [5, 5.41) is 18.2. The van der Waals surface area contributed by atoms with Gasteiger partial charge in [0.05, 0.1) is 10.6 Å². The van der Waals surface area contributed by atoms with Crippen LogP contribution in [0.2, 0.25) is 0 Å². The average molecular weight is 292 g/mol. The molecule has 112 valence electrons. The van der Waals surface area contributed by atoms with Crippen molar-refractivity contribution in [2.75, 3.05) is 5.32 Å². The van der Waals surface area contributed by atoms with E-state index in [1.165, 1.54) is 12.1 Å². The first-order chi connectivity index (χ1) is 9.88. The highest BCUT2D eigenvalue weighted by Gasteiger charge is 2.15. The lowest BCUT2D eigenvalue weighted by Crippen LogP contribution is -2.03. The molecule has 21 heavy (non-hydrogen) atoms. The van der Waals surface area contributed by atoms with Gasteiger partial charge in [-0.2, -0.15) is 9.49 Å². The Morgan fingerprint density at radius 1 is 1.48 bits per heavy atom. The summed E-state index contributed by atoms with van der Waals surface area (Å²) in [7, 11) is 1.85. The van der Waals surface area contributed by atoms with Gasteiger partial charge in [0.2, 0.25) is 5.82 Å². The molecule has 1 aromatic heterocycles. The van der Waals surface area contributed by atoms with Gasteiger partial charge in [0, 0.05) is 37.1 Å². The van der Waals surface area contributed by atoms with Crippen molar-refractivity contribution in [2.45, 2.75) is 26.3 Å². The lowest BCUT2D eigenvalue weighted by atomic mass is 10.1. The van der Waals surface area contributed by atoms with Gasteiger partial charge < -0.3 is 5.32 Å². The maximum Gasteiger partial charge on any atom is 0.306 e. The zero-order valence-corrected chi connectivity index (χ0v) is 12.1. The quantitative estimate of drug-likeness (QED) is 0.678. The number of hydrogen-bond donors (Lipinski definition) is 1. The molecule has 0 atom stereocenters. The van der Waals surface area contributed by atoms with Crippen LogP contribution in [0.4, 0.5) is 15.8 Å². The first kappa shape index (κ1) is 15.0. The van der Waals surface area contributed by atoms with E-state index in [0.717, 1.165) is 17.3 Å². The predicted molar refractivity (Wildman–Crippen MR) is 77.7 cm³/mol. The first-order valence-corrected chi connectivity index (χ1v) is 6.58. The van der Waals surface area contributed by atoms with Gasteiger partial charge in [0.1, 0.15) is 0 Å². The Morgan fingerprint density at radius 3 is 2.81 bits per heavy atom. The van der Waals surface area contributed by atoms with Crippen LogP contribution >= 0.6 is 0 Å². The molecule has 6 nitrogen and oxygen atoms in total. The Kier molecular flexibility index (Phi) is 4.21. The number of nitro benzene ring substituents is 1. The number of benzene rings is 1. The summed E-state index contributed by atoms with van der Waals surface area (Å²) >= 11 is 0. The topological polar surface area (TPSA) is 73.0 Å². The van der Waals surface area contributed by atoms with Gasteiger partial charge in [-0.15, -0.1) is 0 Å². The van der Waals surface area contributed by atoms with E-state index < -0.39 is 16.4 Å². The summed E-state index contributed by atoms with van der Waals surface area (Å²) in [6, 6.07) is 3.77. The van der Waals surface area contributed by atoms with Crippen LogP contribution in [-0.4, -0.2) is 14.7 Å². The molecule has 1 heterocycles. The number of nitrogens with one attached hydrogen (secondary N) is 1. The molecule has 0 radical (unpaired) electrons.